The number of amides is 1. The summed E-state index contributed by atoms with van der Waals surface area (Å²) in [7, 11) is -4.59. The zero-order valence-corrected chi connectivity index (χ0v) is 22.5. The average molecular weight is 727 g/mol. The fourth-order valence-electron chi connectivity index (χ4n) is 2.91. The van der Waals surface area contributed by atoms with E-state index >= 15 is 0 Å². The Morgan fingerprint density at radius 3 is 1.53 bits per heavy atom. The molecule has 25 heteroatoms. The number of carbonyl (C=O) groups is 1. The van der Waals surface area contributed by atoms with Gasteiger partial charge in [-0.3, -0.25) is 4.79 Å². The first-order valence-corrected chi connectivity index (χ1v) is 12.6. The van der Waals surface area contributed by atoms with E-state index in [-0.39, 0.29) is 5.69 Å². The number of nitrogens with one attached hydrogen (secondary N) is 2. The van der Waals surface area contributed by atoms with Crippen molar-refractivity contribution in [1.82, 2.24) is 9.97 Å². The second-order valence-electron chi connectivity index (χ2n) is 8.62. The van der Waals surface area contributed by atoms with Crippen LogP contribution < -0.4 is 10.0 Å². The number of aryl methyl sites for hydroxylation is 1. The molecule has 0 aliphatic heterocycles. The Labute approximate surface area is 244 Å². The topological polar surface area (TPSA) is 101 Å². The molecule has 0 aliphatic rings. The van der Waals surface area contributed by atoms with E-state index in [0.717, 1.165) is 6.20 Å². The molecule has 0 radical (unpaired) electrons. The molecular formula is C20H11ClF16N4O3S. The predicted octanol–water partition coefficient (Wildman–Crippen LogP) is 6.80. The zero-order valence-electron chi connectivity index (χ0n) is 20.9. The van der Waals surface area contributed by atoms with Crippen LogP contribution in [0.2, 0.25) is 0 Å². The third-order valence-electron chi connectivity index (χ3n) is 5.45. The highest BCUT2D eigenvalue weighted by Gasteiger charge is 2.95. The number of anilines is 2. The quantitative estimate of drug-likeness (QED) is 0.185. The molecule has 0 atom stereocenters. The van der Waals surface area contributed by atoms with Crippen LogP contribution in [0.25, 0.3) is 0 Å². The van der Waals surface area contributed by atoms with Gasteiger partial charge in [0.05, 0.1) is 4.90 Å². The lowest BCUT2D eigenvalue weighted by molar-refractivity contribution is -0.445. The molecule has 0 unspecified atom stereocenters. The lowest BCUT2D eigenvalue weighted by Crippen LogP contribution is -2.75. The fourth-order valence-corrected chi connectivity index (χ4v) is 3.98. The molecule has 0 fully saturated rings. The van der Waals surface area contributed by atoms with Crippen LogP contribution in [0.4, 0.5) is 81.9 Å². The van der Waals surface area contributed by atoms with E-state index in [0.29, 0.717) is 29.6 Å². The summed E-state index contributed by atoms with van der Waals surface area (Å²) < 4.78 is 244. The highest BCUT2D eigenvalue weighted by molar-refractivity contribution is 7.92. The number of aromatic nitrogens is 2. The molecule has 1 aromatic carbocycles. The van der Waals surface area contributed by atoms with Crippen LogP contribution in [0.1, 0.15) is 5.69 Å². The molecule has 2 rings (SSSR count). The molecule has 7 nitrogen and oxygen atoms in total. The summed E-state index contributed by atoms with van der Waals surface area (Å²) in [5, 5.41) is -6.22. The van der Waals surface area contributed by atoms with Gasteiger partial charge in [0, 0.05) is 17.6 Å². The van der Waals surface area contributed by atoms with Crippen LogP contribution in [0, 0.1) is 6.92 Å². The summed E-state index contributed by atoms with van der Waals surface area (Å²) in [6, 6.07) is 2.87. The maximum Gasteiger partial charge on any atom is 0.393 e. The number of halogens is 17. The van der Waals surface area contributed by atoms with E-state index in [1.54, 1.807) is 0 Å². The van der Waals surface area contributed by atoms with Crippen LogP contribution in [0.15, 0.2) is 41.4 Å². The Morgan fingerprint density at radius 1 is 0.689 bits per heavy atom. The molecule has 1 aromatic heterocycles. The summed E-state index contributed by atoms with van der Waals surface area (Å²) in [6.07, 6.45) is 1.12. The first kappa shape index (κ1) is 37.9. The van der Waals surface area contributed by atoms with Crippen molar-refractivity contribution in [2.24, 2.45) is 0 Å². The third-order valence-corrected chi connectivity index (χ3v) is 7.03. The van der Waals surface area contributed by atoms with Gasteiger partial charge in [0.15, 0.2) is 0 Å². The Morgan fingerprint density at radius 2 is 1.11 bits per heavy atom. The van der Waals surface area contributed by atoms with Crippen LogP contribution >= 0.6 is 11.6 Å². The zero-order chi connectivity index (χ0) is 35.5. The molecule has 1 heterocycles. The molecule has 0 saturated heterocycles. The largest absolute Gasteiger partial charge is 0.393 e. The van der Waals surface area contributed by atoms with E-state index in [1.807, 2.05) is 4.72 Å². The van der Waals surface area contributed by atoms with Crippen LogP contribution in [-0.2, 0) is 14.8 Å². The maximum absolute atomic E-state index is 14.1. The van der Waals surface area contributed by atoms with E-state index < -0.39 is 79.3 Å². The van der Waals surface area contributed by atoms with Gasteiger partial charge in [-0.2, -0.15) is 70.2 Å². The molecule has 0 saturated carbocycles. The number of sulfonamides is 1. The number of nitrogens with zero attached hydrogens (tertiary/aromatic N) is 2. The summed E-state index contributed by atoms with van der Waals surface area (Å²) in [5.74, 6) is -62.0. The van der Waals surface area contributed by atoms with Gasteiger partial charge in [-0.1, -0.05) is 0 Å². The van der Waals surface area contributed by atoms with Gasteiger partial charge in [-0.25, -0.2) is 23.1 Å². The van der Waals surface area contributed by atoms with Crippen molar-refractivity contribution in [3.05, 3.63) is 42.2 Å². The number of rotatable bonds is 12. The van der Waals surface area contributed by atoms with E-state index in [4.69, 9.17) is 0 Å². The summed E-state index contributed by atoms with van der Waals surface area (Å²) in [5.41, 5.74) is -0.911. The van der Waals surface area contributed by atoms with Crippen LogP contribution in [-0.4, -0.2) is 71.1 Å². The smallest absolute Gasteiger partial charge is 0.321 e. The fraction of sp³-hybridized carbons (Fsp3) is 0.450. The molecule has 0 aliphatic carbocycles. The van der Waals surface area contributed by atoms with Crippen LogP contribution in [0.3, 0.4) is 0 Å². The van der Waals surface area contributed by atoms with Gasteiger partial charge >= 0.3 is 52.7 Å². The molecule has 0 bridgehead atoms. The lowest BCUT2D eigenvalue weighted by Gasteiger charge is -2.42. The second-order valence-corrected chi connectivity index (χ2v) is 10.8. The normalized spacial score (nSPS) is 14.7. The minimum absolute atomic E-state index is 0.272. The molecule has 45 heavy (non-hydrogen) atoms. The Kier molecular flexibility index (Phi) is 9.42. The monoisotopic (exact) mass is 726 g/mol. The van der Waals surface area contributed by atoms with Gasteiger partial charge in [0.25, 0.3) is 10.0 Å². The van der Waals surface area contributed by atoms with Crippen molar-refractivity contribution in [1.29, 1.82) is 0 Å². The van der Waals surface area contributed by atoms with Crippen LogP contribution in [0.5, 0.6) is 0 Å². The molecular weight excluding hydrogens is 716 g/mol. The van der Waals surface area contributed by atoms with Gasteiger partial charge in [-0.05, 0) is 48.9 Å². The van der Waals surface area contributed by atoms with Crippen molar-refractivity contribution in [3.8, 4) is 0 Å². The highest BCUT2D eigenvalue weighted by Crippen LogP contribution is 2.64. The van der Waals surface area contributed by atoms with Crippen molar-refractivity contribution >= 4 is 39.2 Å². The van der Waals surface area contributed by atoms with Crippen molar-refractivity contribution in [2.45, 2.75) is 58.7 Å². The van der Waals surface area contributed by atoms with Gasteiger partial charge in [0.2, 0.25) is 5.95 Å². The van der Waals surface area contributed by atoms with E-state index in [2.05, 4.69) is 21.6 Å². The standard InChI is InChI=1S/C20H11ClF16N4O3S/c1-8-6-7-38-12(39-8)41-45(43,44)10-4-2-9(3-5-10)40-11(42)13(22,23)14(24,25)15(26,27)16(28,29)17(30,31)18(32,33)19(34,35)20(21,36)37/h2-7H,1H3,(H,40,42)(H,38,39,41). The lowest BCUT2D eigenvalue weighted by atomic mass is 9.89. The van der Waals surface area contributed by atoms with Gasteiger partial charge < -0.3 is 5.32 Å². The number of hydrogen-bond donors (Lipinski definition) is 2. The van der Waals surface area contributed by atoms with E-state index in [9.17, 15) is 83.5 Å². The Balaban J connectivity index is 2.40. The SMILES string of the molecule is Cc1ccnc(NS(=O)(=O)c2ccc(NC(=O)C(F)(F)C(F)(F)C(F)(F)C(F)(F)C(F)(F)C(F)(F)C(F)(F)C(F)(F)Cl)cc2)n1. The third kappa shape index (κ3) is 6.01. The number of hydrogen-bond acceptors (Lipinski definition) is 5. The van der Waals surface area contributed by atoms with Crippen molar-refractivity contribution in [3.63, 3.8) is 0 Å². The molecule has 2 N–H and O–H groups in total. The second kappa shape index (κ2) is 11.2. The summed E-state index contributed by atoms with van der Waals surface area (Å²) in [4.78, 5) is 18.2. The highest BCUT2D eigenvalue weighted by atomic mass is 35.5. The predicted molar refractivity (Wildman–Crippen MR) is 118 cm³/mol. The van der Waals surface area contributed by atoms with Crippen molar-refractivity contribution < 1.29 is 83.5 Å². The van der Waals surface area contributed by atoms with Crippen molar-refractivity contribution in [2.75, 3.05) is 10.0 Å². The Hall–Kier alpha value is -3.31. The first-order chi connectivity index (χ1) is 19.8. The summed E-state index contributed by atoms with van der Waals surface area (Å²) in [6.45, 7) is 1.43. The number of carbonyl (C=O) groups excluding carboxylic acids is 1. The molecule has 1 amide bonds. The molecule has 0 spiro atoms. The number of benzene rings is 1. The first-order valence-electron chi connectivity index (χ1n) is 10.8. The minimum atomic E-state index is -8.73. The molecule has 2 aromatic rings. The summed E-state index contributed by atoms with van der Waals surface area (Å²) >= 11 is 3.44. The Bertz CT molecular complexity index is 1530. The molecule has 254 valence electrons. The maximum atomic E-state index is 14.1. The average Bonchev–Trinajstić information content (AvgIpc) is 2.87. The number of alkyl halides is 17. The van der Waals surface area contributed by atoms with Gasteiger partial charge in [0.1, 0.15) is 0 Å². The van der Waals surface area contributed by atoms with E-state index in [1.165, 1.54) is 13.0 Å². The minimum Gasteiger partial charge on any atom is -0.321 e. The van der Waals surface area contributed by atoms with Gasteiger partial charge in [-0.15, -0.1) is 0 Å².